The number of aromatic hydroxyl groups is 2. The highest BCUT2D eigenvalue weighted by molar-refractivity contribution is 5.89. The van der Waals surface area contributed by atoms with E-state index in [4.69, 9.17) is 0 Å². The molecule has 0 bridgehead atoms. The summed E-state index contributed by atoms with van der Waals surface area (Å²) < 4.78 is 0. The Morgan fingerprint density at radius 3 is 1.46 bits per heavy atom. The lowest BCUT2D eigenvalue weighted by Gasteiger charge is -2.03. The fraction of sp³-hybridized carbons (Fsp3) is 0.0909. The molecule has 0 aliphatic heterocycles. The van der Waals surface area contributed by atoms with Crippen molar-refractivity contribution in [3.8, 4) is 11.5 Å². The van der Waals surface area contributed by atoms with Crippen LogP contribution in [-0.2, 0) is 0 Å². The van der Waals surface area contributed by atoms with Crippen LogP contribution in [0.15, 0.2) is 70.6 Å². The van der Waals surface area contributed by atoms with Gasteiger partial charge in [0.2, 0.25) is 0 Å². The molecule has 4 nitrogen and oxygen atoms in total. The van der Waals surface area contributed by atoms with E-state index in [9.17, 15) is 10.2 Å². The van der Waals surface area contributed by atoms with Gasteiger partial charge in [-0.2, -0.15) is 0 Å². The Hall–Kier alpha value is -3.40. The molecule has 0 amide bonds. The van der Waals surface area contributed by atoms with Gasteiger partial charge in [0, 0.05) is 23.6 Å². The van der Waals surface area contributed by atoms with Crippen molar-refractivity contribution in [2.45, 2.75) is 13.8 Å². The minimum absolute atomic E-state index is 0.194. The van der Waals surface area contributed by atoms with Crippen LogP contribution < -0.4 is 0 Å². The largest absolute Gasteiger partial charge is 0.507 e. The molecule has 0 atom stereocenters. The zero-order chi connectivity index (χ0) is 18.5. The van der Waals surface area contributed by atoms with Crippen LogP contribution in [0.3, 0.4) is 0 Å². The first-order chi connectivity index (χ1) is 12.5. The zero-order valence-electron chi connectivity index (χ0n) is 14.7. The quantitative estimate of drug-likeness (QED) is 0.638. The molecule has 0 spiro atoms. The third kappa shape index (κ3) is 4.16. The molecule has 0 heterocycles. The van der Waals surface area contributed by atoms with Crippen LogP contribution in [0.5, 0.6) is 11.5 Å². The molecule has 0 radical (unpaired) electrons. The van der Waals surface area contributed by atoms with Gasteiger partial charge in [-0.1, -0.05) is 24.3 Å². The maximum absolute atomic E-state index is 9.99. The van der Waals surface area contributed by atoms with Gasteiger partial charge in [-0.15, -0.1) is 0 Å². The number of aliphatic imine (C=N–C) groups is 2. The molecule has 2 N–H and O–H groups in total. The number of nitrogens with zero attached hydrogens (tertiary/aromatic N) is 2. The second-order valence-electron chi connectivity index (χ2n) is 6.13. The lowest BCUT2D eigenvalue weighted by atomic mass is 10.1. The molecule has 26 heavy (non-hydrogen) atoms. The number of benzene rings is 3. The smallest absolute Gasteiger partial charge is 0.124 e. The van der Waals surface area contributed by atoms with Crippen molar-refractivity contribution in [1.82, 2.24) is 0 Å². The normalized spacial score (nSPS) is 11.5. The zero-order valence-corrected chi connectivity index (χ0v) is 14.7. The standard InChI is InChI=1S/C22H20N2O2/c1-15-7-9-17(21(25)11-15)13-23-19-5-3-4-6-20(19)24-14-18-10-8-16(2)12-22(18)26/h3-14,25-26H,1-2H3. The van der Waals surface area contributed by atoms with E-state index in [1.807, 2.05) is 62.4 Å². The summed E-state index contributed by atoms with van der Waals surface area (Å²) in [7, 11) is 0. The van der Waals surface area contributed by atoms with Gasteiger partial charge in [0.15, 0.2) is 0 Å². The van der Waals surface area contributed by atoms with E-state index < -0.39 is 0 Å². The molecule has 0 saturated heterocycles. The van der Waals surface area contributed by atoms with Gasteiger partial charge in [0.25, 0.3) is 0 Å². The van der Waals surface area contributed by atoms with Crippen LogP contribution in [0.2, 0.25) is 0 Å². The molecule has 4 heteroatoms. The highest BCUT2D eigenvalue weighted by atomic mass is 16.3. The number of rotatable bonds is 4. The summed E-state index contributed by atoms with van der Waals surface area (Å²) in [6.07, 6.45) is 3.24. The van der Waals surface area contributed by atoms with E-state index in [1.54, 1.807) is 24.6 Å². The first kappa shape index (κ1) is 17.4. The van der Waals surface area contributed by atoms with E-state index in [-0.39, 0.29) is 11.5 Å². The molecule has 3 aromatic carbocycles. The Balaban J connectivity index is 1.88. The summed E-state index contributed by atoms with van der Waals surface area (Å²) in [5.41, 5.74) is 4.62. The summed E-state index contributed by atoms with van der Waals surface area (Å²) >= 11 is 0. The van der Waals surface area contributed by atoms with Gasteiger partial charge >= 0.3 is 0 Å². The average molecular weight is 344 g/mol. The number of para-hydroxylation sites is 2. The number of phenols is 2. The number of aryl methyl sites for hydroxylation is 2. The fourth-order valence-electron chi connectivity index (χ4n) is 2.49. The van der Waals surface area contributed by atoms with Crippen molar-refractivity contribution in [2.75, 3.05) is 0 Å². The Kier molecular flexibility index (Phi) is 5.13. The maximum atomic E-state index is 9.99. The van der Waals surface area contributed by atoms with Crippen LogP contribution in [-0.4, -0.2) is 22.6 Å². The van der Waals surface area contributed by atoms with Crippen LogP contribution in [0.4, 0.5) is 11.4 Å². The molecule has 0 unspecified atom stereocenters. The predicted molar refractivity (Wildman–Crippen MR) is 107 cm³/mol. The van der Waals surface area contributed by atoms with Crippen molar-refractivity contribution in [2.24, 2.45) is 9.98 Å². The van der Waals surface area contributed by atoms with Crippen molar-refractivity contribution in [3.63, 3.8) is 0 Å². The van der Waals surface area contributed by atoms with Gasteiger partial charge < -0.3 is 10.2 Å². The van der Waals surface area contributed by atoms with Crippen LogP contribution in [0.25, 0.3) is 0 Å². The van der Waals surface area contributed by atoms with Crippen molar-refractivity contribution >= 4 is 23.8 Å². The van der Waals surface area contributed by atoms with Crippen molar-refractivity contribution < 1.29 is 10.2 Å². The Labute approximate surface area is 152 Å². The molecule has 3 rings (SSSR count). The second kappa shape index (κ2) is 7.66. The van der Waals surface area contributed by atoms with Crippen LogP contribution in [0.1, 0.15) is 22.3 Å². The monoisotopic (exact) mass is 344 g/mol. The third-order valence-electron chi connectivity index (χ3n) is 3.94. The van der Waals surface area contributed by atoms with E-state index in [1.165, 1.54) is 0 Å². The van der Waals surface area contributed by atoms with Gasteiger partial charge in [-0.25, -0.2) is 0 Å². The number of hydrogen-bond acceptors (Lipinski definition) is 4. The summed E-state index contributed by atoms with van der Waals surface area (Å²) in [5.74, 6) is 0.388. The average Bonchev–Trinajstić information content (AvgIpc) is 2.61. The van der Waals surface area contributed by atoms with E-state index in [2.05, 4.69) is 9.98 Å². The summed E-state index contributed by atoms with van der Waals surface area (Å²) in [6.45, 7) is 3.84. The molecular formula is C22H20N2O2. The highest BCUT2D eigenvalue weighted by Crippen LogP contribution is 2.28. The lowest BCUT2D eigenvalue weighted by Crippen LogP contribution is -1.84. The molecule has 0 aliphatic rings. The summed E-state index contributed by atoms with van der Waals surface area (Å²) in [5, 5.41) is 20.0. The van der Waals surface area contributed by atoms with Crippen LogP contribution >= 0.6 is 0 Å². The van der Waals surface area contributed by atoms with Gasteiger partial charge in [-0.3, -0.25) is 9.98 Å². The first-order valence-corrected chi connectivity index (χ1v) is 8.29. The Bertz CT molecular complexity index is 911. The van der Waals surface area contributed by atoms with Crippen molar-refractivity contribution in [1.29, 1.82) is 0 Å². The fourth-order valence-corrected chi connectivity index (χ4v) is 2.49. The Morgan fingerprint density at radius 2 is 1.08 bits per heavy atom. The molecule has 0 saturated carbocycles. The van der Waals surface area contributed by atoms with Crippen molar-refractivity contribution in [3.05, 3.63) is 82.9 Å². The predicted octanol–water partition coefficient (Wildman–Crippen LogP) is 5.22. The molecule has 0 aromatic heterocycles. The van der Waals surface area contributed by atoms with E-state index in [0.717, 1.165) is 11.1 Å². The summed E-state index contributed by atoms with van der Waals surface area (Å²) in [6, 6.07) is 18.4. The van der Waals surface area contributed by atoms with Gasteiger partial charge in [0.05, 0.1) is 11.4 Å². The maximum Gasteiger partial charge on any atom is 0.124 e. The second-order valence-corrected chi connectivity index (χ2v) is 6.13. The van der Waals surface area contributed by atoms with Gasteiger partial charge in [-0.05, 0) is 61.4 Å². The topological polar surface area (TPSA) is 65.2 Å². The molecule has 0 fully saturated rings. The molecule has 0 aliphatic carbocycles. The van der Waals surface area contributed by atoms with E-state index >= 15 is 0 Å². The highest BCUT2D eigenvalue weighted by Gasteiger charge is 2.02. The van der Waals surface area contributed by atoms with Crippen LogP contribution in [0, 0.1) is 13.8 Å². The third-order valence-corrected chi connectivity index (χ3v) is 3.94. The number of phenolic OH excluding ortho intramolecular Hbond substituents is 2. The van der Waals surface area contributed by atoms with Gasteiger partial charge in [0.1, 0.15) is 11.5 Å². The lowest BCUT2D eigenvalue weighted by molar-refractivity contribution is 0.473. The van der Waals surface area contributed by atoms with E-state index in [0.29, 0.717) is 22.5 Å². The number of hydrogen-bond donors (Lipinski definition) is 2. The first-order valence-electron chi connectivity index (χ1n) is 8.29. The Morgan fingerprint density at radius 1 is 0.654 bits per heavy atom. The summed E-state index contributed by atoms with van der Waals surface area (Å²) in [4.78, 5) is 8.91. The molecular weight excluding hydrogens is 324 g/mol. The minimum atomic E-state index is 0.194. The molecule has 130 valence electrons. The SMILES string of the molecule is Cc1ccc(C=Nc2ccccc2N=Cc2ccc(C)cc2O)c(O)c1. The minimum Gasteiger partial charge on any atom is -0.507 e. The molecule has 3 aromatic rings.